The second kappa shape index (κ2) is 4.61. The minimum absolute atomic E-state index is 0.698. The zero-order chi connectivity index (χ0) is 8.97. The van der Waals surface area contributed by atoms with Crippen molar-refractivity contribution in [1.29, 1.82) is 0 Å². The van der Waals surface area contributed by atoms with Crippen molar-refractivity contribution in [3.8, 4) is 0 Å². The van der Waals surface area contributed by atoms with E-state index in [2.05, 4.69) is 18.7 Å². The number of nitrogens with zero attached hydrogens (tertiary/aromatic N) is 1. The van der Waals surface area contributed by atoms with Crippen molar-refractivity contribution in [2.75, 3.05) is 13.1 Å². The van der Waals surface area contributed by atoms with Crippen molar-refractivity contribution in [1.82, 2.24) is 4.90 Å². The molecule has 0 atom stereocenters. The first-order chi connectivity index (χ1) is 5.74. The maximum absolute atomic E-state index is 10.2. The number of hydrogen-bond donors (Lipinski definition) is 0. The normalized spacial score (nSPS) is 17.3. The molecule has 0 saturated heterocycles. The van der Waals surface area contributed by atoms with E-state index in [0.717, 1.165) is 31.3 Å². The van der Waals surface area contributed by atoms with Crippen molar-refractivity contribution in [3.05, 3.63) is 0 Å². The summed E-state index contributed by atoms with van der Waals surface area (Å²) in [5.74, 6) is 0.720. The van der Waals surface area contributed by atoms with Gasteiger partial charge in [-0.3, -0.25) is 4.90 Å². The van der Waals surface area contributed by atoms with E-state index in [1.807, 2.05) is 0 Å². The van der Waals surface area contributed by atoms with Gasteiger partial charge < -0.3 is 4.79 Å². The number of hydrogen-bond acceptors (Lipinski definition) is 2. The fourth-order valence-electron chi connectivity index (χ4n) is 1.55. The summed E-state index contributed by atoms with van der Waals surface area (Å²) >= 11 is 0. The number of aldehydes is 1. The maximum Gasteiger partial charge on any atom is 0.121 e. The van der Waals surface area contributed by atoms with E-state index in [4.69, 9.17) is 0 Å². The van der Waals surface area contributed by atoms with Gasteiger partial charge in [-0.15, -0.1) is 0 Å². The smallest absolute Gasteiger partial charge is 0.121 e. The van der Waals surface area contributed by atoms with Gasteiger partial charge in [-0.25, -0.2) is 0 Å². The van der Waals surface area contributed by atoms with E-state index in [0.29, 0.717) is 6.42 Å². The molecule has 0 N–H and O–H groups in total. The molecule has 0 heterocycles. The Hall–Kier alpha value is -0.370. The summed E-state index contributed by atoms with van der Waals surface area (Å²) in [5.41, 5.74) is 0. The lowest BCUT2D eigenvalue weighted by Crippen LogP contribution is -2.31. The zero-order valence-corrected chi connectivity index (χ0v) is 8.12. The summed E-state index contributed by atoms with van der Waals surface area (Å²) in [6.45, 7) is 6.58. The van der Waals surface area contributed by atoms with Gasteiger partial charge in [0.25, 0.3) is 0 Å². The Morgan fingerprint density at radius 1 is 1.50 bits per heavy atom. The van der Waals surface area contributed by atoms with Crippen LogP contribution in [-0.2, 0) is 4.79 Å². The van der Waals surface area contributed by atoms with E-state index in [-0.39, 0.29) is 0 Å². The topological polar surface area (TPSA) is 20.3 Å². The monoisotopic (exact) mass is 169 g/mol. The largest absolute Gasteiger partial charge is 0.303 e. The molecule has 0 aromatic rings. The van der Waals surface area contributed by atoms with Gasteiger partial charge in [-0.2, -0.15) is 0 Å². The molecule has 2 nitrogen and oxygen atoms in total. The Balaban J connectivity index is 2.22. The van der Waals surface area contributed by atoms with Gasteiger partial charge in [0.05, 0.1) is 0 Å². The lowest BCUT2D eigenvalue weighted by Gasteiger charge is -2.22. The Labute approximate surface area is 74.9 Å². The van der Waals surface area contributed by atoms with E-state index in [1.54, 1.807) is 0 Å². The summed E-state index contributed by atoms with van der Waals surface area (Å²) < 4.78 is 0. The van der Waals surface area contributed by atoms with Gasteiger partial charge in [0, 0.05) is 25.6 Å². The standard InChI is InChI=1S/C10H19NO/c1-9(2)8-11(6-3-7-12)10-4-5-10/h7,9-10H,3-6,8H2,1-2H3. The Kier molecular flexibility index (Phi) is 3.73. The molecule has 0 radical (unpaired) electrons. The van der Waals surface area contributed by atoms with Crippen LogP contribution >= 0.6 is 0 Å². The van der Waals surface area contributed by atoms with Gasteiger partial charge >= 0.3 is 0 Å². The fourth-order valence-corrected chi connectivity index (χ4v) is 1.55. The molecule has 1 rings (SSSR count). The molecule has 12 heavy (non-hydrogen) atoms. The first-order valence-electron chi connectivity index (χ1n) is 4.91. The van der Waals surface area contributed by atoms with Gasteiger partial charge in [-0.05, 0) is 18.8 Å². The molecule has 1 saturated carbocycles. The quantitative estimate of drug-likeness (QED) is 0.564. The molecule has 0 aliphatic heterocycles. The Morgan fingerprint density at radius 2 is 2.17 bits per heavy atom. The lowest BCUT2D eigenvalue weighted by atomic mass is 10.2. The summed E-state index contributed by atoms with van der Waals surface area (Å²) in [4.78, 5) is 12.7. The molecule has 0 aromatic heterocycles. The maximum atomic E-state index is 10.2. The highest BCUT2D eigenvalue weighted by Crippen LogP contribution is 2.27. The molecule has 1 aliphatic carbocycles. The third kappa shape index (κ3) is 3.35. The van der Waals surface area contributed by atoms with Crippen LogP contribution in [0.3, 0.4) is 0 Å². The average Bonchev–Trinajstić information content (AvgIpc) is 2.79. The van der Waals surface area contributed by atoms with Crippen molar-refractivity contribution >= 4 is 6.29 Å². The molecule has 2 heteroatoms. The predicted molar refractivity (Wildman–Crippen MR) is 50.1 cm³/mol. The van der Waals surface area contributed by atoms with Crippen LogP contribution in [0.2, 0.25) is 0 Å². The van der Waals surface area contributed by atoms with Gasteiger partial charge in [0.2, 0.25) is 0 Å². The average molecular weight is 169 g/mol. The van der Waals surface area contributed by atoms with E-state index < -0.39 is 0 Å². The van der Waals surface area contributed by atoms with E-state index in [1.165, 1.54) is 12.8 Å². The Bertz CT molecular complexity index is 141. The van der Waals surface area contributed by atoms with E-state index >= 15 is 0 Å². The molecule has 0 aromatic carbocycles. The number of carbonyl (C=O) groups excluding carboxylic acids is 1. The van der Waals surface area contributed by atoms with Crippen LogP contribution in [0.1, 0.15) is 33.1 Å². The van der Waals surface area contributed by atoms with Crippen LogP contribution in [0, 0.1) is 5.92 Å². The minimum atomic E-state index is 0.698. The summed E-state index contributed by atoms with van der Waals surface area (Å²) in [7, 11) is 0. The number of rotatable bonds is 6. The SMILES string of the molecule is CC(C)CN(CCC=O)C1CC1. The minimum Gasteiger partial charge on any atom is -0.303 e. The van der Waals surface area contributed by atoms with Crippen LogP contribution in [0.5, 0.6) is 0 Å². The molecule has 0 bridgehead atoms. The lowest BCUT2D eigenvalue weighted by molar-refractivity contribution is -0.108. The molecular weight excluding hydrogens is 150 g/mol. The number of carbonyl (C=O) groups is 1. The summed E-state index contributed by atoms with van der Waals surface area (Å²) in [6.07, 6.45) is 4.40. The molecule has 1 aliphatic rings. The molecule has 70 valence electrons. The van der Waals surface area contributed by atoms with Crippen LogP contribution in [0.4, 0.5) is 0 Å². The third-order valence-corrected chi connectivity index (χ3v) is 2.20. The highest BCUT2D eigenvalue weighted by Gasteiger charge is 2.28. The first-order valence-corrected chi connectivity index (χ1v) is 4.91. The summed E-state index contributed by atoms with van der Waals surface area (Å²) in [6, 6.07) is 0.798. The van der Waals surface area contributed by atoms with Crippen molar-refractivity contribution in [3.63, 3.8) is 0 Å². The van der Waals surface area contributed by atoms with Gasteiger partial charge in [0.1, 0.15) is 6.29 Å². The molecular formula is C10H19NO. The predicted octanol–water partition coefficient (Wildman–Crippen LogP) is 1.70. The van der Waals surface area contributed by atoms with Crippen LogP contribution in [0.25, 0.3) is 0 Å². The molecule has 0 unspecified atom stereocenters. The van der Waals surface area contributed by atoms with Crippen LogP contribution in [0.15, 0.2) is 0 Å². The highest BCUT2D eigenvalue weighted by atomic mass is 16.1. The van der Waals surface area contributed by atoms with Crippen LogP contribution in [-0.4, -0.2) is 30.3 Å². The van der Waals surface area contributed by atoms with Crippen molar-refractivity contribution < 1.29 is 4.79 Å². The molecule has 0 spiro atoms. The van der Waals surface area contributed by atoms with Crippen LogP contribution < -0.4 is 0 Å². The second-order valence-corrected chi connectivity index (χ2v) is 4.08. The van der Waals surface area contributed by atoms with Gasteiger partial charge in [0.15, 0.2) is 0 Å². The second-order valence-electron chi connectivity index (χ2n) is 4.08. The zero-order valence-electron chi connectivity index (χ0n) is 8.12. The third-order valence-electron chi connectivity index (χ3n) is 2.20. The molecule has 0 amide bonds. The van der Waals surface area contributed by atoms with Crippen molar-refractivity contribution in [2.24, 2.45) is 5.92 Å². The van der Waals surface area contributed by atoms with Gasteiger partial charge in [-0.1, -0.05) is 13.8 Å². The summed E-state index contributed by atoms with van der Waals surface area (Å²) in [5, 5.41) is 0. The first kappa shape index (κ1) is 9.72. The van der Waals surface area contributed by atoms with Crippen molar-refractivity contribution in [2.45, 2.75) is 39.2 Å². The molecule has 1 fully saturated rings. The fraction of sp³-hybridized carbons (Fsp3) is 0.900. The Morgan fingerprint density at radius 3 is 2.58 bits per heavy atom. The van der Waals surface area contributed by atoms with E-state index in [9.17, 15) is 4.79 Å². The highest BCUT2D eigenvalue weighted by molar-refractivity contribution is 5.49.